The second-order valence-corrected chi connectivity index (χ2v) is 8.04. The third kappa shape index (κ3) is 23.5. The summed E-state index contributed by atoms with van der Waals surface area (Å²) in [6.45, 7) is 3.44. The molecule has 0 aromatic rings. The molecule has 0 atom stereocenters. The summed E-state index contributed by atoms with van der Waals surface area (Å²) < 4.78 is 4.69. The lowest BCUT2D eigenvalue weighted by Gasteiger charge is -2.04. The molecule has 0 saturated heterocycles. The summed E-state index contributed by atoms with van der Waals surface area (Å²) in [7, 11) is 0. The SMILES string of the molecule is CCCCCCCCCCCCCCCCCCCCCCCOC=O. The zero-order chi connectivity index (χ0) is 19.0. The van der Waals surface area contributed by atoms with E-state index in [1.54, 1.807) is 0 Å². The van der Waals surface area contributed by atoms with Gasteiger partial charge in [0.15, 0.2) is 0 Å². The zero-order valence-electron chi connectivity index (χ0n) is 18.0. The van der Waals surface area contributed by atoms with Gasteiger partial charge in [0, 0.05) is 0 Å². The molecule has 156 valence electrons. The van der Waals surface area contributed by atoms with Crippen molar-refractivity contribution in [2.45, 2.75) is 142 Å². The molecular weight excluding hydrogens is 320 g/mol. The van der Waals surface area contributed by atoms with Crippen molar-refractivity contribution in [1.29, 1.82) is 0 Å². The fourth-order valence-corrected chi connectivity index (χ4v) is 3.67. The monoisotopic (exact) mass is 368 g/mol. The smallest absolute Gasteiger partial charge is 0.293 e. The highest BCUT2D eigenvalue weighted by molar-refractivity contribution is 5.36. The Morgan fingerprint density at radius 3 is 1.00 bits per heavy atom. The number of hydrogen-bond donors (Lipinski definition) is 0. The van der Waals surface area contributed by atoms with Gasteiger partial charge in [0.2, 0.25) is 0 Å². The molecule has 2 nitrogen and oxygen atoms in total. The molecule has 0 radical (unpaired) electrons. The average molecular weight is 369 g/mol. The van der Waals surface area contributed by atoms with E-state index in [9.17, 15) is 4.79 Å². The predicted octanol–water partition coefficient (Wildman–Crippen LogP) is 8.37. The van der Waals surface area contributed by atoms with Crippen LogP contribution >= 0.6 is 0 Å². The first-order valence-electron chi connectivity index (χ1n) is 12.0. The number of hydrogen-bond acceptors (Lipinski definition) is 2. The van der Waals surface area contributed by atoms with Crippen molar-refractivity contribution in [2.75, 3.05) is 6.61 Å². The molecule has 0 heterocycles. The fraction of sp³-hybridized carbons (Fsp3) is 0.958. The Labute approximate surface area is 164 Å². The highest BCUT2D eigenvalue weighted by Gasteiger charge is 1.95. The Kier molecular flexibility index (Phi) is 24.0. The maximum absolute atomic E-state index is 9.99. The van der Waals surface area contributed by atoms with Gasteiger partial charge in [0.25, 0.3) is 6.47 Å². The van der Waals surface area contributed by atoms with Crippen LogP contribution < -0.4 is 0 Å². The molecule has 0 aromatic heterocycles. The lowest BCUT2D eigenvalue weighted by Crippen LogP contribution is -1.91. The first-order chi connectivity index (χ1) is 12.9. The van der Waals surface area contributed by atoms with E-state index in [4.69, 9.17) is 4.74 Å². The third-order valence-corrected chi connectivity index (χ3v) is 5.43. The number of rotatable bonds is 23. The molecule has 0 aromatic carbocycles. The molecule has 0 spiro atoms. The second-order valence-electron chi connectivity index (χ2n) is 8.04. The van der Waals surface area contributed by atoms with Crippen LogP contribution in [0.1, 0.15) is 142 Å². The Morgan fingerprint density at radius 1 is 0.462 bits per heavy atom. The van der Waals surface area contributed by atoms with Crippen LogP contribution in [0.15, 0.2) is 0 Å². The number of carbonyl (C=O) groups is 1. The van der Waals surface area contributed by atoms with Crippen molar-refractivity contribution in [3.8, 4) is 0 Å². The van der Waals surface area contributed by atoms with Crippen LogP contribution in [0, 0.1) is 0 Å². The van der Waals surface area contributed by atoms with E-state index in [2.05, 4.69) is 6.92 Å². The van der Waals surface area contributed by atoms with Crippen molar-refractivity contribution < 1.29 is 9.53 Å². The van der Waals surface area contributed by atoms with Crippen molar-refractivity contribution in [2.24, 2.45) is 0 Å². The summed E-state index contributed by atoms with van der Waals surface area (Å²) in [5.41, 5.74) is 0. The van der Waals surface area contributed by atoms with Crippen molar-refractivity contribution >= 4 is 6.47 Å². The van der Waals surface area contributed by atoms with Crippen molar-refractivity contribution in [1.82, 2.24) is 0 Å². The molecule has 2 heteroatoms. The molecule has 0 amide bonds. The summed E-state index contributed by atoms with van der Waals surface area (Å²) >= 11 is 0. The van der Waals surface area contributed by atoms with Gasteiger partial charge in [0.05, 0.1) is 6.61 Å². The third-order valence-electron chi connectivity index (χ3n) is 5.43. The largest absolute Gasteiger partial charge is 0.468 e. The standard InChI is InChI=1S/C24H48O2/c1-2-3-4-5-6-7-8-9-10-11-12-13-14-15-16-17-18-19-20-21-22-23-26-24-25/h24H,2-23H2,1H3. The van der Waals surface area contributed by atoms with E-state index >= 15 is 0 Å². The van der Waals surface area contributed by atoms with Crippen LogP contribution in [0.2, 0.25) is 0 Å². The van der Waals surface area contributed by atoms with Crippen LogP contribution in [0.3, 0.4) is 0 Å². The maximum Gasteiger partial charge on any atom is 0.293 e. The lowest BCUT2D eigenvalue weighted by molar-refractivity contribution is -0.128. The molecule has 0 unspecified atom stereocenters. The minimum atomic E-state index is 0.552. The normalized spacial score (nSPS) is 11.0. The molecule has 0 N–H and O–H groups in total. The summed E-state index contributed by atoms with van der Waals surface area (Å²) in [4.78, 5) is 9.99. The Balaban J connectivity index is 2.96. The van der Waals surface area contributed by atoms with Crippen molar-refractivity contribution in [3.05, 3.63) is 0 Å². The summed E-state index contributed by atoms with van der Waals surface area (Å²) in [5.74, 6) is 0. The molecule has 0 bridgehead atoms. The Morgan fingerprint density at radius 2 is 0.731 bits per heavy atom. The molecule has 0 aliphatic rings. The van der Waals surface area contributed by atoms with Gasteiger partial charge in [-0.25, -0.2) is 0 Å². The van der Waals surface area contributed by atoms with E-state index in [0.29, 0.717) is 13.1 Å². The van der Waals surface area contributed by atoms with Gasteiger partial charge >= 0.3 is 0 Å². The van der Waals surface area contributed by atoms with E-state index in [-0.39, 0.29) is 0 Å². The van der Waals surface area contributed by atoms with Crippen LogP contribution in [0.25, 0.3) is 0 Å². The first-order valence-corrected chi connectivity index (χ1v) is 12.0. The minimum absolute atomic E-state index is 0.552. The topological polar surface area (TPSA) is 26.3 Å². The second kappa shape index (κ2) is 24.5. The van der Waals surface area contributed by atoms with Crippen LogP contribution in [-0.2, 0) is 9.53 Å². The quantitative estimate of drug-likeness (QED) is 0.134. The van der Waals surface area contributed by atoms with Gasteiger partial charge in [0.1, 0.15) is 0 Å². The van der Waals surface area contributed by atoms with Gasteiger partial charge in [-0.2, -0.15) is 0 Å². The zero-order valence-corrected chi connectivity index (χ0v) is 18.0. The van der Waals surface area contributed by atoms with Crippen molar-refractivity contribution in [3.63, 3.8) is 0 Å². The number of ether oxygens (including phenoxy) is 1. The van der Waals surface area contributed by atoms with Gasteiger partial charge in [-0.05, 0) is 6.42 Å². The molecule has 0 rings (SSSR count). The lowest BCUT2D eigenvalue weighted by atomic mass is 10.0. The average Bonchev–Trinajstić information content (AvgIpc) is 2.66. The van der Waals surface area contributed by atoms with Crippen LogP contribution in [-0.4, -0.2) is 13.1 Å². The van der Waals surface area contributed by atoms with E-state index in [0.717, 1.165) is 6.42 Å². The van der Waals surface area contributed by atoms with E-state index < -0.39 is 0 Å². The summed E-state index contributed by atoms with van der Waals surface area (Å²) in [6.07, 6.45) is 29.4. The van der Waals surface area contributed by atoms with Gasteiger partial charge in [-0.1, -0.05) is 135 Å². The highest BCUT2D eigenvalue weighted by Crippen LogP contribution is 2.14. The van der Waals surface area contributed by atoms with Crippen LogP contribution in [0.4, 0.5) is 0 Å². The highest BCUT2D eigenvalue weighted by atomic mass is 16.5. The molecule has 0 aliphatic carbocycles. The maximum atomic E-state index is 9.99. The first kappa shape index (κ1) is 25.5. The number of carbonyl (C=O) groups excluding carboxylic acids is 1. The molecule has 0 saturated carbocycles. The van der Waals surface area contributed by atoms with Gasteiger partial charge in [-0.15, -0.1) is 0 Å². The molecule has 0 fully saturated rings. The molecule has 0 aliphatic heterocycles. The molecule has 26 heavy (non-hydrogen) atoms. The van der Waals surface area contributed by atoms with E-state index in [1.165, 1.54) is 128 Å². The van der Waals surface area contributed by atoms with E-state index in [1.807, 2.05) is 0 Å². The Bertz CT molecular complexity index is 253. The Hall–Kier alpha value is -0.530. The predicted molar refractivity (Wildman–Crippen MR) is 115 cm³/mol. The molecular formula is C24H48O2. The van der Waals surface area contributed by atoms with Gasteiger partial charge < -0.3 is 4.74 Å². The fourth-order valence-electron chi connectivity index (χ4n) is 3.67. The van der Waals surface area contributed by atoms with Gasteiger partial charge in [-0.3, -0.25) is 4.79 Å². The summed E-state index contributed by atoms with van der Waals surface area (Å²) in [6, 6.07) is 0. The van der Waals surface area contributed by atoms with Crippen LogP contribution in [0.5, 0.6) is 0 Å². The minimum Gasteiger partial charge on any atom is -0.468 e. The number of unbranched alkanes of at least 4 members (excludes halogenated alkanes) is 20. The summed E-state index contributed by atoms with van der Waals surface area (Å²) in [5, 5.41) is 0.